The number of nitrogens with zero attached hydrogens (tertiary/aromatic N) is 2. The molecule has 0 aliphatic heterocycles. The highest BCUT2D eigenvalue weighted by atomic mass is 32.1. The van der Waals surface area contributed by atoms with E-state index in [0.717, 1.165) is 17.7 Å². The van der Waals surface area contributed by atoms with Gasteiger partial charge in [-0.15, -0.1) is 11.3 Å². The van der Waals surface area contributed by atoms with Crippen LogP contribution in [0.2, 0.25) is 0 Å². The number of hydrogen-bond acceptors (Lipinski definition) is 6. The van der Waals surface area contributed by atoms with Crippen molar-refractivity contribution in [2.75, 3.05) is 19.5 Å². The summed E-state index contributed by atoms with van der Waals surface area (Å²) in [4.78, 5) is 16.6. The van der Waals surface area contributed by atoms with E-state index < -0.39 is 17.6 Å². The zero-order valence-electron chi connectivity index (χ0n) is 19.6. The number of carbonyl (C=O) groups is 1. The fourth-order valence-electron chi connectivity index (χ4n) is 3.82. The van der Waals surface area contributed by atoms with Gasteiger partial charge in [-0.05, 0) is 48.9 Å². The number of thiazole rings is 1. The van der Waals surface area contributed by atoms with Gasteiger partial charge in [-0.2, -0.15) is 13.2 Å². The van der Waals surface area contributed by atoms with Crippen molar-refractivity contribution in [1.82, 2.24) is 9.55 Å². The number of aromatic nitrogens is 2. The van der Waals surface area contributed by atoms with E-state index in [4.69, 9.17) is 15.2 Å². The second kappa shape index (κ2) is 9.94. The minimum Gasteiger partial charge on any atom is -0.493 e. The molecule has 36 heavy (non-hydrogen) atoms. The van der Waals surface area contributed by atoms with E-state index in [1.807, 2.05) is 16.7 Å². The largest absolute Gasteiger partial charge is 0.493 e. The second-order valence-electron chi connectivity index (χ2n) is 7.91. The molecule has 0 atom stereocenters. The van der Waals surface area contributed by atoms with Gasteiger partial charge in [-0.25, -0.2) is 4.98 Å². The summed E-state index contributed by atoms with van der Waals surface area (Å²) in [6, 6.07) is 12.1. The molecule has 0 aliphatic rings. The molecule has 2 heterocycles. The Morgan fingerprint density at radius 1 is 1.11 bits per heavy atom. The Balaban J connectivity index is 1.68. The SMILES string of the molecule is COc1ccc(Cn2c(-c3csc(Nc4cccc(C(F)(F)F)c4)n3)cc(C(N)=O)c2C)cc1OC. The van der Waals surface area contributed by atoms with E-state index in [0.29, 0.717) is 45.8 Å². The molecule has 0 unspecified atom stereocenters. The van der Waals surface area contributed by atoms with E-state index in [2.05, 4.69) is 10.3 Å². The maximum Gasteiger partial charge on any atom is 0.416 e. The first-order valence-electron chi connectivity index (χ1n) is 10.7. The van der Waals surface area contributed by atoms with Gasteiger partial charge in [0.15, 0.2) is 16.6 Å². The maximum atomic E-state index is 13.1. The first kappa shape index (κ1) is 25.1. The molecule has 1 amide bonds. The summed E-state index contributed by atoms with van der Waals surface area (Å²) in [6.07, 6.45) is -4.45. The molecule has 0 spiro atoms. The molecule has 0 saturated heterocycles. The van der Waals surface area contributed by atoms with Crippen LogP contribution < -0.4 is 20.5 Å². The quantitative estimate of drug-likeness (QED) is 0.307. The molecule has 0 fully saturated rings. The Labute approximate surface area is 209 Å². The molecule has 4 aromatic rings. The zero-order valence-corrected chi connectivity index (χ0v) is 20.5. The van der Waals surface area contributed by atoms with Crippen LogP contribution in [0.5, 0.6) is 11.5 Å². The van der Waals surface area contributed by atoms with Gasteiger partial charge >= 0.3 is 6.18 Å². The highest BCUT2D eigenvalue weighted by Gasteiger charge is 2.30. The molecule has 0 aliphatic carbocycles. The predicted octanol–water partition coefficient (Wildman–Crippen LogP) is 5.85. The third-order valence-corrected chi connectivity index (χ3v) is 6.39. The van der Waals surface area contributed by atoms with Crippen LogP contribution in [0.1, 0.15) is 27.2 Å². The van der Waals surface area contributed by atoms with E-state index in [1.165, 1.54) is 23.5 Å². The van der Waals surface area contributed by atoms with E-state index >= 15 is 0 Å². The number of primary amides is 1. The standard InChI is InChI=1S/C25H23F3N4O3S/c1-14-18(23(29)33)11-20(32(14)12-15-7-8-21(34-2)22(9-15)35-3)19-13-36-24(31-19)30-17-6-4-5-16(10-17)25(26,27)28/h4-11,13H,12H2,1-3H3,(H2,29,33)(H,30,31). The summed E-state index contributed by atoms with van der Waals surface area (Å²) in [7, 11) is 3.10. The summed E-state index contributed by atoms with van der Waals surface area (Å²) in [5.41, 5.74) is 8.20. The molecule has 11 heteroatoms. The summed E-state index contributed by atoms with van der Waals surface area (Å²) in [6.45, 7) is 2.18. The lowest BCUT2D eigenvalue weighted by Crippen LogP contribution is -2.12. The smallest absolute Gasteiger partial charge is 0.416 e. The van der Waals surface area contributed by atoms with Gasteiger partial charge in [-0.3, -0.25) is 4.79 Å². The van der Waals surface area contributed by atoms with Crippen LogP contribution in [-0.4, -0.2) is 29.7 Å². The van der Waals surface area contributed by atoms with Gasteiger partial charge in [0.25, 0.3) is 5.91 Å². The lowest BCUT2D eigenvalue weighted by molar-refractivity contribution is -0.137. The van der Waals surface area contributed by atoms with Crippen LogP contribution in [0.15, 0.2) is 53.9 Å². The molecule has 2 aromatic heterocycles. The molecule has 3 N–H and O–H groups in total. The Morgan fingerprint density at radius 2 is 1.86 bits per heavy atom. The van der Waals surface area contributed by atoms with E-state index in [1.54, 1.807) is 38.7 Å². The monoisotopic (exact) mass is 516 g/mol. The Kier molecular flexibility index (Phi) is 6.93. The van der Waals surface area contributed by atoms with Crippen molar-refractivity contribution in [2.45, 2.75) is 19.6 Å². The van der Waals surface area contributed by atoms with E-state index in [-0.39, 0.29) is 5.69 Å². The summed E-state index contributed by atoms with van der Waals surface area (Å²) in [5.74, 6) is 0.586. The number of ether oxygens (including phenoxy) is 2. The van der Waals surface area contributed by atoms with Crippen molar-refractivity contribution in [2.24, 2.45) is 5.73 Å². The van der Waals surface area contributed by atoms with Crippen LogP contribution in [0.3, 0.4) is 0 Å². The number of nitrogens with two attached hydrogens (primary N) is 1. The Morgan fingerprint density at radius 3 is 2.53 bits per heavy atom. The molecule has 0 radical (unpaired) electrons. The number of rotatable bonds is 8. The van der Waals surface area contributed by atoms with Gasteiger partial charge in [0, 0.05) is 23.3 Å². The lowest BCUT2D eigenvalue weighted by atomic mass is 10.2. The average molecular weight is 517 g/mol. The summed E-state index contributed by atoms with van der Waals surface area (Å²) < 4.78 is 51.8. The average Bonchev–Trinajstić information content (AvgIpc) is 3.43. The van der Waals surface area contributed by atoms with Crippen molar-refractivity contribution < 1.29 is 27.4 Å². The van der Waals surface area contributed by atoms with Crippen LogP contribution in [0.4, 0.5) is 24.0 Å². The Hall–Kier alpha value is -3.99. The van der Waals surface area contributed by atoms with Gasteiger partial charge in [-0.1, -0.05) is 12.1 Å². The fraction of sp³-hybridized carbons (Fsp3) is 0.200. The van der Waals surface area contributed by atoms with Crippen LogP contribution in [-0.2, 0) is 12.7 Å². The molecular weight excluding hydrogens is 493 g/mol. The van der Waals surface area contributed by atoms with E-state index in [9.17, 15) is 18.0 Å². The third-order valence-electron chi connectivity index (χ3n) is 5.63. The molecule has 2 aromatic carbocycles. The number of anilines is 2. The minimum atomic E-state index is -4.45. The highest BCUT2D eigenvalue weighted by Crippen LogP contribution is 2.34. The van der Waals surface area contributed by atoms with Crippen LogP contribution in [0.25, 0.3) is 11.4 Å². The summed E-state index contributed by atoms with van der Waals surface area (Å²) >= 11 is 1.23. The van der Waals surface area contributed by atoms with Crippen molar-refractivity contribution in [3.05, 3.63) is 76.3 Å². The highest BCUT2D eigenvalue weighted by molar-refractivity contribution is 7.14. The first-order valence-corrected chi connectivity index (χ1v) is 11.6. The number of benzene rings is 2. The predicted molar refractivity (Wildman–Crippen MR) is 132 cm³/mol. The van der Waals surface area contributed by atoms with Gasteiger partial charge < -0.3 is 25.1 Å². The zero-order chi connectivity index (χ0) is 26.0. The number of amides is 1. The van der Waals surface area contributed by atoms with Crippen LogP contribution in [0, 0.1) is 6.92 Å². The second-order valence-corrected chi connectivity index (χ2v) is 8.77. The molecular formula is C25H23F3N4O3S. The molecule has 188 valence electrons. The molecule has 0 bridgehead atoms. The molecule has 7 nitrogen and oxygen atoms in total. The molecule has 0 saturated carbocycles. The van der Waals surface area contributed by atoms with Crippen molar-refractivity contribution in [3.63, 3.8) is 0 Å². The normalized spacial score (nSPS) is 11.4. The minimum absolute atomic E-state index is 0.264. The number of nitrogens with one attached hydrogen (secondary N) is 1. The van der Waals surface area contributed by atoms with Crippen LogP contribution >= 0.6 is 11.3 Å². The first-order chi connectivity index (χ1) is 17.1. The number of hydrogen-bond donors (Lipinski definition) is 2. The van der Waals surface area contributed by atoms with Crippen molar-refractivity contribution >= 4 is 28.1 Å². The number of methoxy groups -OCH3 is 2. The maximum absolute atomic E-state index is 13.1. The number of carbonyl (C=O) groups excluding carboxylic acids is 1. The third kappa shape index (κ3) is 5.15. The summed E-state index contributed by atoms with van der Waals surface area (Å²) in [5, 5.41) is 5.09. The number of halogens is 3. The van der Waals surface area contributed by atoms with Crippen molar-refractivity contribution in [3.8, 4) is 22.9 Å². The van der Waals surface area contributed by atoms with Gasteiger partial charge in [0.05, 0.1) is 36.7 Å². The number of alkyl halides is 3. The molecule has 4 rings (SSSR count). The fourth-order valence-corrected chi connectivity index (χ4v) is 4.54. The van der Waals surface area contributed by atoms with Gasteiger partial charge in [0.2, 0.25) is 0 Å². The lowest BCUT2D eigenvalue weighted by Gasteiger charge is -2.13. The van der Waals surface area contributed by atoms with Crippen molar-refractivity contribution in [1.29, 1.82) is 0 Å². The van der Waals surface area contributed by atoms with Gasteiger partial charge in [0.1, 0.15) is 0 Å². The Bertz CT molecular complexity index is 1410. The topological polar surface area (TPSA) is 91.4 Å².